The molecule has 0 aliphatic heterocycles. The molecule has 0 spiro atoms. The molecule has 0 bridgehead atoms. The zero-order chi connectivity index (χ0) is 13.3. The maximum Gasteiger partial charge on any atom is 0.106 e. The van der Waals surface area contributed by atoms with Crippen molar-refractivity contribution in [2.24, 2.45) is 5.73 Å². The first-order chi connectivity index (χ1) is 9.38. The highest BCUT2D eigenvalue weighted by molar-refractivity contribution is 7.98. The number of hydrogen-bond donors (Lipinski definition) is 2. The number of hydrogen-bond acceptors (Lipinski definition) is 4. The summed E-state index contributed by atoms with van der Waals surface area (Å²) in [6.07, 6.45) is 6.75. The number of imidazole rings is 1. The third-order valence-electron chi connectivity index (χ3n) is 2.77. The molecule has 0 saturated carbocycles. The molecule has 2 aromatic rings. The van der Waals surface area contributed by atoms with Crippen molar-refractivity contribution >= 4 is 11.8 Å². The Labute approximate surface area is 118 Å². The molecule has 0 amide bonds. The van der Waals surface area contributed by atoms with E-state index in [0.29, 0.717) is 6.54 Å². The van der Waals surface area contributed by atoms with Crippen LogP contribution < -0.4 is 5.73 Å². The Morgan fingerprint density at radius 1 is 1.21 bits per heavy atom. The minimum atomic E-state index is 0.668. The fraction of sp³-hybridized carbons (Fsp3) is 0.429. The van der Waals surface area contributed by atoms with Crippen LogP contribution in [0.4, 0.5) is 0 Å². The van der Waals surface area contributed by atoms with Crippen LogP contribution in [0.15, 0.2) is 30.6 Å². The van der Waals surface area contributed by atoms with Gasteiger partial charge in [0.1, 0.15) is 5.82 Å². The second-order valence-electron chi connectivity index (χ2n) is 4.37. The van der Waals surface area contributed by atoms with Crippen molar-refractivity contribution < 1.29 is 0 Å². The molecular weight excluding hydrogens is 256 g/mol. The molecule has 0 atom stereocenters. The molecule has 2 heterocycles. The van der Waals surface area contributed by atoms with E-state index >= 15 is 0 Å². The Kier molecular flexibility index (Phi) is 5.91. The highest BCUT2D eigenvalue weighted by Crippen LogP contribution is 2.12. The molecule has 4 nitrogen and oxygen atoms in total. The van der Waals surface area contributed by atoms with Crippen molar-refractivity contribution in [3.8, 4) is 0 Å². The van der Waals surface area contributed by atoms with Crippen LogP contribution in [0.5, 0.6) is 0 Å². The van der Waals surface area contributed by atoms with E-state index in [9.17, 15) is 0 Å². The van der Waals surface area contributed by atoms with Gasteiger partial charge in [-0.1, -0.05) is 6.07 Å². The molecule has 0 fully saturated rings. The zero-order valence-corrected chi connectivity index (χ0v) is 11.8. The Balaban J connectivity index is 1.61. The molecule has 102 valence electrons. The minimum absolute atomic E-state index is 0.668. The predicted molar refractivity (Wildman–Crippen MR) is 80.1 cm³/mol. The van der Waals surface area contributed by atoms with Crippen LogP contribution in [0.25, 0.3) is 0 Å². The summed E-state index contributed by atoms with van der Waals surface area (Å²) in [5.74, 6) is 3.18. The van der Waals surface area contributed by atoms with Crippen LogP contribution in [0.2, 0.25) is 0 Å². The number of pyridine rings is 1. The number of aromatic amines is 1. The number of nitrogens with zero attached hydrogens (tertiary/aromatic N) is 2. The van der Waals surface area contributed by atoms with Gasteiger partial charge in [0.05, 0.1) is 5.69 Å². The molecule has 0 saturated heterocycles. The lowest BCUT2D eigenvalue weighted by molar-refractivity contribution is 0.850. The number of thioether (sulfide) groups is 1. The number of aryl methyl sites for hydroxylation is 1. The number of rotatable bonds is 8. The van der Waals surface area contributed by atoms with Crippen LogP contribution in [-0.2, 0) is 18.6 Å². The van der Waals surface area contributed by atoms with Gasteiger partial charge in [-0.3, -0.25) is 4.98 Å². The van der Waals surface area contributed by atoms with E-state index in [4.69, 9.17) is 5.73 Å². The number of H-pyrrole nitrogens is 1. The first-order valence-electron chi connectivity index (χ1n) is 6.59. The highest BCUT2D eigenvalue weighted by Gasteiger charge is 2.00. The lowest BCUT2D eigenvalue weighted by Crippen LogP contribution is -2.02. The van der Waals surface area contributed by atoms with Crippen LogP contribution in [0.1, 0.15) is 23.6 Å². The van der Waals surface area contributed by atoms with Gasteiger partial charge in [0.2, 0.25) is 0 Å². The normalized spacial score (nSPS) is 10.8. The molecule has 0 aliphatic rings. The van der Waals surface area contributed by atoms with Gasteiger partial charge < -0.3 is 10.7 Å². The smallest absolute Gasteiger partial charge is 0.106 e. The SMILES string of the molecule is NCCc1cnc(CCCSCc2ccccn2)[nH]1. The molecule has 19 heavy (non-hydrogen) atoms. The van der Waals surface area contributed by atoms with Gasteiger partial charge in [0, 0.05) is 36.7 Å². The van der Waals surface area contributed by atoms with Gasteiger partial charge in [-0.15, -0.1) is 0 Å². The average Bonchev–Trinajstić information content (AvgIpc) is 2.88. The van der Waals surface area contributed by atoms with E-state index in [0.717, 1.165) is 48.0 Å². The van der Waals surface area contributed by atoms with Crippen molar-refractivity contribution in [1.29, 1.82) is 0 Å². The largest absolute Gasteiger partial charge is 0.346 e. The molecule has 0 aliphatic carbocycles. The van der Waals surface area contributed by atoms with Crippen LogP contribution in [-0.4, -0.2) is 27.2 Å². The molecule has 3 N–H and O–H groups in total. The number of aromatic nitrogens is 3. The Hall–Kier alpha value is -1.33. The van der Waals surface area contributed by atoms with Crippen LogP contribution >= 0.6 is 11.8 Å². The molecule has 2 aromatic heterocycles. The summed E-state index contributed by atoms with van der Waals surface area (Å²) in [5, 5.41) is 0. The summed E-state index contributed by atoms with van der Waals surface area (Å²) in [7, 11) is 0. The van der Waals surface area contributed by atoms with Crippen molar-refractivity contribution in [2.45, 2.75) is 25.0 Å². The molecule has 5 heteroatoms. The van der Waals surface area contributed by atoms with Crippen LogP contribution in [0.3, 0.4) is 0 Å². The average molecular weight is 276 g/mol. The first kappa shape index (κ1) is 14.1. The Bertz CT molecular complexity index is 469. The first-order valence-corrected chi connectivity index (χ1v) is 7.74. The highest BCUT2D eigenvalue weighted by atomic mass is 32.2. The van der Waals surface area contributed by atoms with E-state index in [-0.39, 0.29) is 0 Å². The van der Waals surface area contributed by atoms with Crippen molar-refractivity contribution in [2.75, 3.05) is 12.3 Å². The summed E-state index contributed by atoms with van der Waals surface area (Å²) in [4.78, 5) is 12.0. The van der Waals surface area contributed by atoms with E-state index in [1.165, 1.54) is 0 Å². The summed E-state index contributed by atoms with van der Waals surface area (Å²) >= 11 is 1.92. The molecule has 0 aromatic carbocycles. The van der Waals surface area contributed by atoms with E-state index in [2.05, 4.69) is 21.0 Å². The predicted octanol–water partition coefficient (Wildman–Crippen LogP) is 2.17. The number of nitrogens with two attached hydrogens (primary N) is 1. The maximum absolute atomic E-state index is 5.51. The lowest BCUT2D eigenvalue weighted by Gasteiger charge is -2.00. The van der Waals surface area contributed by atoms with Crippen LogP contribution in [0, 0.1) is 0 Å². The monoisotopic (exact) mass is 276 g/mol. The van der Waals surface area contributed by atoms with E-state index in [1.54, 1.807) is 0 Å². The fourth-order valence-corrected chi connectivity index (χ4v) is 2.69. The molecular formula is C14H20N4S. The van der Waals surface area contributed by atoms with Crippen molar-refractivity contribution in [1.82, 2.24) is 15.0 Å². The Morgan fingerprint density at radius 3 is 2.95 bits per heavy atom. The van der Waals surface area contributed by atoms with Gasteiger partial charge >= 0.3 is 0 Å². The fourth-order valence-electron chi connectivity index (χ4n) is 1.82. The maximum atomic E-state index is 5.51. The van der Waals surface area contributed by atoms with Gasteiger partial charge in [0.25, 0.3) is 0 Å². The molecule has 2 rings (SSSR count). The summed E-state index contributed by atoms with van der Waals surface area (Å²) in [5.41, 5.74) is 7.79. The summed E-state index contributed by atoms with van der Waals surface area (Å²) < 4.78 is 0. The van der Waals surface area contributed by atoms with Crippen molar-refractivity contribution in [3.05, 3.63) is 47.8 Å². The standard InChI is InChI=1S/C14H20N4S/c15-7-6-12-10-17-14(18-12)5-3-9-19-11-13-4-1-2-8-16-13/h1-2,4,8,10H,3,5-7,9,11,15H2,(H,17,18). The lowest BCUT2D eigenvalue weighted by atomic mass is 10.3. The quantitative estimate of drug-likeness (QED) is 0.725. The third kappa shape index (κ3) is 5.04. The number of nitrogens with one attached hydrogen (secondary N) is 1. The second-order valence-corrected chi connectivity index (χ2v) is 5.48. The van der Waals surface area contributed by atoms with Gasteiger partial charge in [-0.05, 0) is 30.9 Å². The topological polar surface area (TPSA) is 67.6 Å². The van der Waals surface area contributed by atoms with Gasteiger partial charge in [-0.25, -0.2) is 4.98 Å². The minimum Gasteiger partial charge on any atom is -0.346 e. The second kappa shape index (κ2) is 7.96. The molecule has 0 unspecified atom stereocenters. The third-order valence-corrected chi connectivity index (χ3v) is 3.85. The zero-order valence-electron chi connectivity index (χ0n) is 11.0. The summed E-state index contributed by atoms with van der Waals surface area (Å²) in [6.45, 7) is 0.668. The van der Waals surface area contributed by atoms with E-state index < -0.39 is 0 Å². The van der Waals surface area contributed by atoms with E-state index in [1.807, 2.05) is 36.3 Å². The Morgan fingerprint density at radius 2 is 2.16 bits per heavy atom. The van der Waals surface area contributed by atoms with Crippen molar-refractivity contribution in [3.63, 3.8) is 0 Å². The van der Waals surface area contributed by atoms with Gasteiger partial charge in [-0.2, -0.15) is 11.8 Å². The molecule has 0 radical (unpaired) electrons. The van der Waals surface area contributed by atoms with Gasteiger partial charge in [0.15, 0.2) is 0 Å². The summed E-state index contributed by atoms with van der Waals surface area (Å²) in [6, 6.07) is 6.05.